The number of nitrogens with one attached hydrogen (secondary N) is 2. The van der Waals surface area contributed by atoms with Gasteiger partial charge < -0.3 is 9.55 Å². The fourth-order valence-corrected chi connectivity index (χ4v) is 1.82. The van der Waals surface area contributed by atoms with Crippen LogP contribution in [-0.4, -0.2) is 24.5 Å². The minimum atomic E-state index is -0.558. The van der Waals surface area contributed by atoms with Gasteiger partial charge in [-0.2, -0.15) is 0 Å². The van der Waals surface area contributed by atoms with Crippen molar-refractivity contribution in [3.63, 3.8) is 0 Å². The largest absolute Gasteiger partial charge is 0.340 e. The first kappa shape index (κ1) is 10.5. The van der Waals surface area contributed by atoms with E-state index in [1.165, 1.54) is 6.20 Å². The number of fused-ring (bicyclic) bond motifs is 1. The highest BCUT2D eigenvalue weighted by atomic mass is 16.2. The number of H-pyrrole nitrogens is 2. The van der Waals surface area contributed by atoms with Gasteiger partial charge >= 0.3 is 5.69 Å². The molecule has 3 heterocycles. The van der Waals surface area contributed by atoms with E-state index in [1.807, 2.05) is 7.05 Å². The fourth-order valence-electron chi connectivity index (χ4n) is 1.82. The molecule has 0 aliphatic rings. The first-order valence-corrected chi connectivity index (χ1v) is 5.25. The summed E-state index contributed by atoms with van der Waals surface area (Å²) in [7, 11) is 1.83. The van der Waals surface area contributed by atoms with Gasteiger partial charge in [-0.25, -0.2) is 9.78 Å². The number of aromatic nitrogens is 5. The van der Waals surface area contributed by atoms with Crippen LogP contribution < -0.4 is 11.2 Å². The van der Waals surface area contributed by atoms with Gasteiger partial charge in [-0.3, -0.25) is 14.8 Å². The summed E-state index contributed by atoms with van der Waals surface area (Å²) in [5.41, 5.74) is 0.483. The number of aryl methyl sites for hydroxylation is 1. The van der Waals surface area contributed by atoms with Gasteiger partial charge in [0.25, 0.3) is 5.56 Å². The van der Waals surface area contributed by atoms with Crippen molar-refractivity contribution in [2.45, 2.75) is 0 Å². The van der Waals surface area contributed by atoms with Gasteiger partial charge in [0.1, 0.15) is 11.4 Å². The highest BCUT2D eigenvalue weighted by Gasteiger charge is 2.10. The van der Waals surface area contributed by atoms with Crippen LogP contribution in [-0.2, 0) is 7.05 Å². The minimum absolute atomic E-state index is 0.380. The Labute approximate surface area is 100 Å². The molecule has 0 saturated heterocycles. The molecule has 7 heteroatoms. The summed E-state index contributed by atoms with van der Waals surface area (Å²) in [4.78, 5) is 36.1. The number of imidazole rings is 1. The van der Waals surface area contributed by atoms with Crippen molar-refractivity contribution in [1.82, 2.24) is 24.5 Å². The lowest BCUT2D eigenvalue weighted by Gasteiger charge is -2.01. The Morgan fingerprint density at radius 2 is 2.06 bits per heavy atom. The van der Waals surface area contributed by atoms with Gasteiger partial charge in [0.2, 0.25) is 0 Å². The van der Waals surface area contributed by atoms with Gasteiger partial charge in [0.05, 0.1) is 17.2 Å². The minimum Gasteiger partial charge on any atom is -0.340 e. The van der Waals surface area contributed by atoms with Gasteiger partial charge in [-0.15, -0.1) is 0 Å². The molecule has 0 aromatic carbocycles. The highest BCUT2D eigenvalue weighted by Crippen LogP contribution is 2.19. The molecule has 0 aliphatic heterocycles. The van der Waals surface area contributed by atoms with Crippen molar-refractivity contribution in [3.05, 3.63) is 45.6 Å². The number of pyridine rings is 1. The molecule has 2 N–H and O–H groups in total. The molecular formula is C11H9N5O2. The maximum absolute atomic E-state index is 11.7. The summed E-state index contributed by atoms with van der Waals surface area (Å²) < 4.78 is 1.77. The van der Waals surface area contributed by atoms with Crippen LogP contribution >= 0.6 is 0 Å². The number of hydrogen-bond donors (Lipinski definition) is 2. The van der Waals surface area contributed by atoms with Gasteiger partial charge in [0, 0.05) is 19.4 Å². The van der Waals surface area contributed by atoms with E-state index in [1.54, 1.807) is 23.2 Å². The van der Waals surface area contributed by atoms with E-state index in [2.05, 4.69) is 19.9 Å². The van der Waals surface area contributed by atoms with Crippen LogP contribution in [0.5, 0.6) is 0 Å². The van der Waals surface area contributed by atoms with E-state index < -0.39 is 11.2 Å². The van der Waals surface area contributed by atoms with E-state index in [-0.39, 0.29) is 0 Å². The average Bonchev–Trinajstić information content (AvgIpc) is 2.75. The molecule has 0 fully saturated rings. The van der Waals surface area contributed by atoms with Gasteiger partial charge in [-0.05, 0) is 6.07 Å². The van der Waals surface area contributed by atoms with Crippen LogP contribution in [0.3, 0.4) is 0 Å². The third-order valence-electron chi connectivity index (χ3n) is 2.61. The number of hydrogen-bond acceptors (Lipinski definition) is 4. The van der Waals surface area contributed by atoms with Crippen LogP contribution in [0.4, 0.5) is 0 Å². The molecule has 0 aliphatic carbocycles. The van der Waals surface area contributed by atoms with Gasteiger partial charge in [-0.1, -0.05) is 0 Å². The molecule has 18 heavy (non-hydrogen) atoms. The van der Waals surface area contributed by atoms with Crippen LogP contribution in [0.25, 0.3) is 22.3 Å². The molecule has 3 aromatic rings. The van der Waals surface area contributed by atoms with Crippen LogP contribution in [0.15, 0.2) is 34.4 Å². The Balaban J connectivity index is 2.44. The first-order valence-electron chi connectivity index (χ1n) is 5.25. The van der Waals surface area contributed by atoms with E-state index in [4.69, 9.17) is 0 Å². The third-order valence-corrected chi connectivity index (χ3v) is 2.61. The lowest BCUT2D eigenvalue weighted by molar-refractivity contribution is 0.913. The Hall–Kier alpha value is -2.70. The summed E-state index contributed by atoms with van der Waals surface area (Å²) in [6.07, 6.45) is 4.91. The zero-order chi connectivity index (χ0) is 12.7. The maximum Gasteiger partial charge on any atom is 0.326 e. The van der Waals surface area contributed by atoms with E-state index >= 15 is 0 Å². The number of nitrogens with zero attached hydrogens (tertiary/aromatic N) is 3. The van der Waals surface area contributed by atoms with Crippen LogP contribution in [0.1, 0.15) is 0 Å². The van der Waals surface area contributed by atoms with Crippen molar-refractivity contribution >= 4 is 10.9 Å². The predicted octanol–water partition coefficient (Wildman–Crippen LogP) is 0.0119. The molecule has 0 atom stereocenters. The zero-order valence-corrected chi connectivity index (χ0v) is 9.47. The van der Waals surface area contributed by atoms with Crippen molar-refractivity contribution in [3.8, 4) is 11.4 Å². The second-order valence-corrected chi connectivity index (χ2v) is 3.91. The Bertz CT molecular complexity index is 842. The molecule has 0 bridgehead atoms. The van der Waals surface area contributed by atoms with E-state index in [0.29, 0.717) is 22.3 Å². The SMILES string of the molecule is Cn1cnc(-c2nccc3c(=O)[nH]c(=O)[nH]c23)c1. The molecule has 0 radical (unpaired) electrons. The second-order valence-electron chi connectivity index (χ2n) is 3.91. The summed E-state index contributed by atoms with van der Waals surface area (Å²) >= 11 is 0. The standard InChI is InChI=1S/C11H9N5O2/c1-16-4-7(13-5-16)9-8-6(2-3-12-9)10(17)15-11(18)14-8/h2-5H,1H3,(H2,14,15,17,18). The number of rotatable bonds is 1. The lowest BCUT2D eigenvalue weighted by Crippen LogP contribution is -2.22. The van der Waals surface area contributed by atoms with Crippen LogP contribution in [0.2, 0.25) is 0 Å². The molecule has 3 rings (SSSR count). The third kappa shape index (κ3) is 1.53. The second kappa shape index (κ2) is 3.66. The molecular weight excluding hydrogens is 234 g/mol. The van der Waals surface area contributed by atoms with Crippen molar-refractivity contribution in [2.24, 2.45) is 7.05 Å². The summed E-state index contributed by atoms with van der Waals surface area (Å²) in [5.74, 6) is 0. The molecule has 0 unspecified atom stereocenters. The normalized spacial score (nSPS) is 10.9. The first-order chi connectivity index (χ1) is 8.65. The number of aromatic amines is 2. The molecule has 0 saturated carbocycles. The van der Waals surface area contributed by atoms with Crippen molar-refractivity contribution in [1.29, 1.82) is 0 Å². The fraction of sp³-hybridized carbons (Fsp3) is 0.0909. The smallest absolute Gasteiger partial charge is 0.326 e. The Morgan fingerprint density at radius 3 is 2.78 bits per heavy atom. The maximum atomic E-state index is 11.7. The van der Waals surface area contributed by atoms with Gasteiger partial charge in [0.15, 0.2) is 0 Å². The van der Waals surface area contributed by atoms with Crippen molar-refractivity contribution in [2.75, 3.05) is 0 Å². The topological polar surface area (TPSA) is 96.4 Å². The summed E-state index contributed by atoms with van der Waals surface area (Å²) in [6, 6.07) is 1.55. The van der Waals surface area contributed by atoms with Crippen molar-refractivity contribution < 1.29 is 0 Å². The molecule has 0 spiro atoms. The zero-order valence-electron chi connectivity index (χ0n) is 9.47. The quantitative estimate of drug-likeness (QED) is 0.629. The lowest BCUT2D eigenvalue weighted by atomic mass is 10.2. The molecule has 90 valence electrons. The summed E-state index contributed by atoms with van der Waals surface area (Å²) in [6.45, 7) is 0. The Morgan fingerprint density at radius 1 is 1.22 bits per heavy atom. The Kier molecular flexibility index (Phi) is 2.12. The molecule has 0 amide bonds. The average molecular weight is 243 g/mol. The highest BCUT2D eigenvalue weighted by molar-refractivity contribution is 5.89. The van der Waals surface area contributed by atoms with Crippen LogP contribution in [0, 0.1) is 0 Å². The molecule has 3 aromatic heterocycles. The predicted molar refractivity (Wildman–Crippen MR) is 65.2 cm³/mol. The van der Waals surface area contributed by atoms with E-state index in [0.717, 1.165) is 0 Å². The molecule has 7 nitrogen and oxygen atoms in total. The summed E-state index contributed by atoms with van der Waals surface area (Å²) in [5, 5.41) is 0.380. The monoisotopic (exact) mass is 243 g/mol. The van der Waals surface area contributed by atoms with E-state index in [9.17, 15) is 9.59 Å².